The highest BCUT2D eigenvalue weighted by Gasteiger charge is 2.48. The second-order valence-corrected chi connectivity index (χ2v) is 6.03. The molecule has 3 atom stereocenters. The summed E-state index contributed by atoms with van der Waals surface area (Å²) in [6.45, 7) is 1.37. The molecule has 3 heteroatoms. The number of ether oxygens (including phenoxy) is 2. The van der Waals surface area contributed by atoms with Crippen LogP contribution >= 0.6 is 0 Å². The molecule has 1 aliphatic carbocycles. The highest BCUT2D eigenvalue weighted by Crippen LogP contribution is 2.45. The summed E-state index contributed by atoms with van der Waals surface area (Å²) in [5, 5.41) is 9.48. The van der Waals surface area contributed by atoms with Gasteiger partial charge in [0, 0.05) is 29.9 Å². The zero-order valence-corrected chi connectivity index (χ0v) is 13.8. The number of hydrogen-bond acceptors (Lipinski definition) is 3. The molecule has 0 spiro atoms. The Labute approximate surface area is 143 Å². The lowest BCUT2D eigenvalue weighted by Crippen LogP contribution is -2.00. The average Bonchev–Trinajstić information content (AvgIpc) is 3.33. The van der Waals surface area contributed by atoms with Crippen molar-refractivity contribution in [1.29, 1.82) is 0 Å². The van der Waals surface area contributed by atoms with E-state index >= 15 is 0 Å². The van der Waals surface area contributed by atoms with Gasteiger partial charge in [0.15, 0.2) is 0 Å². The van der Waals surface area contributed by atoms with E-state index in [9.17, 15) is 5.11 Å². The van der Waals surface area contributed by atoms with Crippen LogP contribution in [0.2, 0.25) is 0 Å². The summed E-state index contributed by atoms with van der Waals surface area (Å²) in [5.74, 6) is 8.10. The molecule has 24 heavy (non-hydrogen) atoms. The Bertz CT molecular complexity index is 697. The number of hydrogen-bond donors (Lipinski definition) is 1. The third kappa shape index (κ3) is 4.17. The molecule has 1 aliphatic rings. The lowest BCUT2D eigenvalue weighted by Gasteiger charge is -2.05. The molecule has 1 saturated carbocycles. The first-order valence-corrected chi connectivity index (χ1v) is 8.20. The second kappa shape index (κ2) is 8.01. The SMILES string of the molecule is COc1ccc(COC[C@@H]2[C@H](C#Cc3ccccc3)[C@@H]2CO)cc1. The van der Waals surface area contributed by atoms with Gasteiger partial charge in [-0.1, -0.05) is 42.2 Å². The Morgan fingerprint density at radius 1 is 1.00 bits per heavy atom. The first-order valence-electron chi connectivity index (χ1n) is 8.20. The largest absolute Gasteiger partial charge is 0.497 e. The van der Waals surface area contributed by atoms with Crippen LogP contribution in [0.15, 0.2) is 54.6 Å². The topological polar surface area (TPSA) is 38.7 Å². The summed E-state index contributed by atoms with van der Waals surface area (Å²) in [5.41, 5.74) is 2.13. The van der Waals surface area contributed by atoms with E-state index in [1.54, 1.807) is 7.11 Å². The fourth-order valence-corrected chi connectivity index (χ4v) is 2.86. The van der Waals surface area contributed by atoms with Crippen molar-refractivity contribution in [1.82, 2.24) is 0 Å². The van der Waals surface area contributed by atoms with Crippen molar-refractivity contribution in [2.75, 3.05) is 20.3 Å². The van der Waals surface area contributed by atoms with E-state index in [1.165, 1.54) is 0 Å². The smallest absolute Gasteiger partial charge is 0.118 e. The zero-order chi connectivity index (χ0) is 16.8. The van der Waals surface area contributed by atoms with Crippen LogP contribution in [0.1, 0.15) is 11.1 Å². The summed E-state index contributed by atoms with van der Waals surface area (Å²) in [6, 6.07) is 17.8. The minimum Gasteiger partial charge on any atom is -0.497 e. The van der Waals surface area contributed by atoms with Crippen molar-refractivity contribution in [3.63, 3.8) is 0 Å². The molecule has 0 saturated heterocycles. The summed E-state index contributed by atoms with van der Waals surface area (Å²) in [6.07, 6.45) is 0. The standard InChI is InChI=1S/C21H22O3/c1-23-18-10-7-17(8-11-18)14-24-15-21-19(20(21)13-22)12-9-16-5-3-2-4-6-16/h2-8,10-11,19-22H,13-15H2,1H3/t19-,20+,21-/m1/s1. The fraction of sp³-hybridized carbons (Fsp3) is 0.333. The van der Waals surface area contributed by atoms with E-state index < -0.39 is 0 Å². The number of benzene rings is 2. The van der Waals surface area contributed by atoms with Gasteiger partial charge < -0.3 is 14.6 Å². The van der Waals surface area contributed by atoms with Gasteiger partial charge in [-0.15, -0.1) is 0 Å². The Morgan fingerprint density at radius 2 is 1.75 bits per heavy atom. The van der Waals surface area contributed by atoms with Crippen molar-refractivity contribution in [3.05, 3.63) is 65.7 Å². The molecule has 0 aromatic heterocycles. The number of methoxy groups -OCH3 is 1. The number of aliphatic hydroxyl groups is 1. The molecule has 0 aliphatic heterocycles. The third-order valence-corrected chi connectivity index (χ3v) is 4.44. The Hall–Kier alpha value is -2.28. The van der Waals surface area contributed by atoms with Crippen molar-refractivity contribution < 1.29 is 14.6 Å². The Balaban J connectivity index is 1.49. The highest BCUT2D eigenvalue weighted by molar-refractivity contribution is 5.36. The van der Waals surface area contributed by atoms with Crippen LogP contribution in [0.25, 0.3) is 0 Å². The summed E-state index contributed by atoms with van der Waals surface area (Å²) < 4.78 is 11.0. The van der Waals surface area contributed by atoms with Gasteiger partial charge in [-0.2, -0.15) is 0 Å². The summed E-state index contributed by atoms with van der Waals surface area (Å²) >= 11 is 0. The van der Waals surface area contributed by atoms with Crippen LogP contribution in [0.5, 0.6) is 5.75 Å². The van der Waals surface area contributed by atoms with Crippen LogP contribution in [-0.4, -0.2) is 25.4 Å². The molecule has 2 aromatic rings. The molecule has 0 unspecified atom stereocenters. The molecule has 1 fully saturated rings. The van der Waals surface area contributed by atoms with Gasteiger partial charge in [0.1, 0.15) is 5.75 Å². The van der Waals surface area contributed by atoms with Crippen molar-refractivity contribution in [2.45, 2.75) is 6.61 Å². The highest BCUT2D eigenvalue weighted by atomic mass is 16.5. The minimum absolute atomic E-state index is 0.171. The molecule has 0 amide bonds. The van der Waals surface area contributed by atoms with E-state index in [0.717, 1.165) is 16.9 Å². The summed E-state index contributed by atoms with van der Waals surface area (Å²) in [7, 11) is 1.66. The Kier molecular flexibility index (Phi) is 5.53. The molecular weight excluding hydrogens is 300 g/mol. The van der Waals surface area contributed by atoms with Crippen molar-refractivity contribution in [2.24, 2.45) is 17.8 Å². The molecule has 3 nitrogen and oxygen atoms in total. The van der Waals surface area contributed by atoms with Gasteiger partial charge in [0.2, 0.25) is 0 Å². The minimum atomic E-state index is 0.171. The normalized spacial score (nSPS) is 21.7. The first-order chi connectivity index (χ1) is 11.8. The van der Waals surface area contributed by atoms with E-state index in [1.807, 2.05) is 54.6 Å². The molecule has 124 valence electrons. The van der Waals surface area contributed by atoms with Gasteiger partial charge in [-0.3, -0.25) is 0 Å². The Morgan fingerprint density at radius 3 is 2.42 bits per heavy atom. The predicted octanol–water partition coefficient (Wildman–Crippen LogP) is 3.12. The fourth-order valence-electron chi connectivity index (χ4n) is 2.86. The molecule has 0 radical (unpaired) electrons. The first kappa shape index (κ1) is 16.6. The molecule has 1 N–H and O–H groups in total. The van der Waals surface area contributed by atoms with Crippen LogP contribution in [0.4, 0.5) is 0 Å². The lowest BCUT2D eigenvalue weighted by molar-refractivity contribution is 0.103. The maximum atomic E-state index is 9.48. The lowest BCUT2D eigenvalue weighted by atomic mass is 10.2. The van der Waals surface area contributed by atoms with Crippen LogP contribution in [-0.2, 0) is 11.3 Å². The molecule has 2 aromatic carbocycles. The van der Waals surface area contributed by atoms with E-state index in [4.69, 9.17) is 9.47 Å². The summed E-state index contributed by atoms with van der Waals surface area (Å²) in [4.78, 5) is 0. The van der Waals surface area contributed by atoms with Gasteiger partial charge in [-0.25, -0.2) is 0 Å². The van der Waals surface area contributed by atoms with Gasteiger partial charge in [0.05, 0.1) is 20.3 Å². The van der Waals surface area contributed by atoms with Crippen molar-refractivity contribution in [3.8, 4) is 17.6 Å². The maximum Gasteiger partial charge on any atom is 0.118 e. The quantitative estimate of drug-likeness (QED) is 0.831. The van der Waals surface area contributed by atoms with Crippen LogP contribution in [0.3, 0.4) is 0 Å². The molecular formula is C21H22O3. The molecule has 3 rings (SSSR count). The number of aliphatic hydroxyl groups excluding tert-OH is 1. The van der Waals surface area contributed by atoms with Crippen LogP contribution < -0.4 is 4.74 Å². The average molecular weight is 322 g/mol. The van der Waals surface area contributed by atoms with Gasteiger partial charge >= 0.3 is 0 Å². The van der Waals surface area contributed by atoms with E-state index in [2.05, 4.69) is 11.8 Å². The monoisotopic (exact) mass is 322 g/mol. The molecule has 0 heterocycles. The maximum absolute atomic E-state index is 9.48. The van der Waals surface area contributed by atoms with Crippen molar-refractivity contribution >= 4 is 0 Å². The van der Waals surface area contributed by atoms with Gasteiger partial charge in [-0.05, 0) is 29.8 Å². The zero-order valence-electron chi connectivity index (χ0n) is 13.8. The van der Waals surface area contributed by atoms with Crippen LogP contribution in [0, 0.1) is 29.6 Å². The predicted molar refractivity (Wildman–Crippen MR) is 93.5 cm³/mol. The van der Waals surface area contributed by atoms with E-state index in [-0.39, 0.29) is 18.4 Å². The van der Waals surface area contributed by atoms with E-state index in [0.29, 0.717) is 19.1 Å². The molecule has 0 bridgehead atoms. The van der Waals surface area contributed by atoms with Gasteiger partial charge in [0.25, 0.3) is 0 Å². The number of rotatable bonds is 6. The second-order valence-electron chi connectivity index (χ2n) is 6.03. The third-order valence-electron chi connectivity index (χ3n) is 4.44.